The van der Waals surface area contributed by atoms with Crippen LogP contribution in [-0.4, -0.2) is 53.6 Å². The monoisotopic (exact) mass is 337 g/mol. The number of hydrazone groups is 1. The van der Waals surface area contributed by atoms with Gasteiger partial charge in [0.05, 0.1) is 5.52 Å². The Morgan fingerprint density at radius 2 is 1.80 bits per heavy atom. The molecule has 128 valence electrons. The van der Waals surface area contributed by atoms with Crippen LogP contribution in [0.2, 0.25) is 0 Å². The number of nitrogens with zero attached hydrogens (tertiary/aromatic N) is 4. The average Bonchev–Trinajstić information content (AvgIpc) is 2.68. The Balaban J connectivity index is 1.42. The predicted octanol–water partition coefficient (Wildman–Crippen LogP) is 1.15. The van der Waals surface area contributed by atoms with E-state index in [2.05, 4.69) is 21.5 Å². The third-order valence-electron chi connectivity index (χ3n) is 4.63. The molecular formula is C18H19N5O2. The summed E-state index contributed by atoms with van der Waals surface area (Å²) in [7, 11) is 0. The van der Waals surface area contributed by atoms with Gasteiger partial charge in [-0.3, -0.25) is 9.59 Å². The van der Waals surface area contributed by atoms with Crippen LogP contribution in [0.5, 0.6) is 0 Å². The van der Waals surface area contributed by atoms with Gasteiger partial charge in [-0.15, -0.1) is 0 Å². The molecule has 3 heterocycles. The Morgan fingerprint density at radius 3 is 2.56 bits per heavy atom. The van der Waals surface area contributed by atoms with E-state index >= 15 is 0 Å². The van der Waals surface area contributed by atoms with E-state index in [1.807, 2.05) is 30.3 Å². The second-order valence-corrected chi connectivity index (χ2v) is 6.23. The molecule has 4 rings (SSSR count). The van der Waals surface area contributed by atoms with Crippen molar-refractivity contribution in [3.8, 4) is 0 Å². The number of piperazine rings is 1. The molecule has 1 N–H and O–H groups in total. The highest BCUT2D eigenvalue weighted by molar-refractivity contribution is 6.39. The van der Waals surface area contributed by atoms with Crippen molar-refractivity contribution in [1.82, 2.24) is 15.3 Å². The van der Waals surface area contributed by atoms with Gasteiger partial charge in [0.2, 0.25) is 5.91 Å². The molecule has 2 aliphatic rings. The van der Waals surface area contributed by atoms with E-state index in [9.17, 15) is 9.59 Å². The van der Waals surface area contributed by atoms with Gasteiger partial charge in [-0.2, -0.15) is 5.10 Å². The van der Waals surface area contributed by atoms with Gasteiger partial charge in [-0.25, -0.2) is 10.4 Å². The zero-order chi connectivity index (χ0) is 17.2. The van der Waals surface area contributed by atoms with Crippen LogP contribution in [0.15, 0.2) is 41.5 Å². The fourth-order valence-electron chi connectivity index (χ4n) is 3.18. The lowest BCUT2D eigenvalue weighted by Gasteiger charge is -2.35. The van der Waals surface area contributed by atoms with E-state index in [1.54, 1.807) is 4.90 Å². The number of nitrogens with one attached hydrogen (secondary N) is 1. The lowest BCUT2D eigenvalue weighted by Crippen LogP contribution is -2.51. The maximum atomic E-state index is 12.5. The summed E-state index contributed by atoms with van der Waals surface area (Å²) in [6.07, 6.45) is 0.739. The van der Waals surface area contributed by atoms with E-state index in [1.165, 1.54) is 0 Å². The average molecular weight is 337 g/mol. The van der Waals surface area contributed by atoms with Crippen molar-refractivity contribution in [1.29, 1.82) is 0 Å². The number of carbonyl (C=O) groups is 2. The maximum absolute atomic E-state index is 12.5. The number of carbonyl (C=O) groups excluding carboxylic acids is 2. The molecule has 1 aromatic heterocycles. The highest BCUT2D eigenvalue weighted by atomic mass is 16.2. The molecule has 2 aliphatic heterocycles. The summed E-state index contributed by atoms with van der Waals surface area (Å²) in [5.74, 6) is 0.725. The summed E-state index contributed by atoms with van der Waals surface area (Å²) in [5, 5.41) is 5.02. The molecule has 0 spiro atoms. The fourth-order valence-corrected chi connectivity index (χ4v) is 3.18. The number of hydrogen-bond donors (Lipinski definition) is 1. The number of hydrogen-bond acceptors (Lipinski definition) is 5. The van der Waals surface area contributed by atoms with Gasteiger partial charge in [-0.1, -0.05) is 18.2 Å². The third-order valence-corrected chi connectivity index (χ3v) is 4.63. The molecule has 0 saturated carbocycles. The van der Waals surface area contributed by atoms with Crippen molar-refractivity contribution in [2.45, 2.75) is 12.8 Å². The molecule has 1 saturated heterocycles. The van der Waals surface area contributed by atoms with E-state index in [0.717, 1.165) is 29.8 Å². The highest BCUT2D eigenvalue weighted by Gasteiger charge is 2.27. The van der Waals surface area contributed by atoms with Crippen LogP contribution < -0.4 is 10.3 Å². The van der Waals surface area contributed by atoms with Crippen LogP contribution >= 0.6 is 0 Å². The Hall–Kier alpha value is -2.96. The minimum atomic E-state index is -0.135. The van der Waals surface area contributed by atoms with Crippen molar-refractivity contribution in [3.05, 3.63) is 36.4 Å². The lowest BCUT2D eigenvalue weighted by molar-refractivity contribution is -0.124. The highest BCUT2D eigenvalue weighted by Crippen LogP contribution is 2.19. The molecule has 0 unspecified atom stereocenters. The van der Waals surface area contributed by atoms with Gasteiger partial charge in [0.25, 0.3) is 5.91 Å². The van der Waals surface area contributed by atoms with Gasteiger partial charge >= 0.3 is 0 Å². The Bertz CT molecular complexity index is 855. The molecule has 0 bridgehead atoms. The summed E-state index contributed by atoms with van der Waals surface area (Å²) in [4.78, 5) is 32.3. The molecule has 7 heteroatoms. The number of amides is 2. The quantitative estimate of drug-likeness (QED) is 0.892. The molecule has 1 aromatic carbocycles. The van der Waals surface area contributed by atoms with E-state index in [0.29, 0.717) is 31.6 Å². The molecule has 2 aromatic rings. The Morgan fingerprint density at radius 1 is 1.00 bits per heavy atom. The molecular weight excluding hydrogens is 318 g/mol. The first kappa shape index (κ1) is 15.6. The summed E-state index contributed by atoms with van der Waals surface area (Å²) in [6, 6.07) is 12.2. The number of anilines is 1. The first-order valence-electron chi connectivity index (χ1n) is 8.46. The van der Waals surface area contributed by atoms with Gasteiger partial charge in [0.1, 0.15) is 11.5 Å². The van der Waals surface area contributed by atoms with Gasteiger partial charge in [0.15, 0.2) is 0 Å². The van der Waals surface area contributed by atoms with Crippen LogP contribution in [0.3, 0.4) is 0 Å². The van der Waals surface area contributed by atoms with E-state index in [4.69, 9.17) is 4.98 Å². The number of aromatic nitrogens is 1. The SMILES string of the molecule is O=C1CCC(C(=O)N2CCN(c3ccc4ccccc4n3)CC2)=NN1. The normalized spacial score (nSPS) is 18.1. The fraction of sp³-hybridized carbons (Fsp3) is 0.333. The number of benzene rings is 1. The topological polar surface area (TPSA) is 77.9 Å². The summed E-state index contributed by atoms with van der Waals surface area (Å²) >= 11 is 0. The molecule has 7 nitrogen and oxygen atoms in total. The van der Waals surface area contributed by atoms with Crippen molar-refractivity contribution in [3.63, 3.8) is 0 Å². The number of pyridine rings is 1. The van der Waals surface area contributed by atoms with Crippen molar-refractivity contribution in [2.75, 3.05) is 31.1 Å². The first-order chi connectivity index (χ1) is 12.2. The zero-order valence-electron chi connectivity index (χ0n) is 13.8. The van der Waals surface area contributed by atoms with E-state index in [-0.39, 0.29) is 11.8 Å². The molecule has 1 fully saturated rings. The van der Waals surface area contributed by atoms with Gasteiger partial charge < -0.3 is 9.80 Å². The second-order valence-electron chi connectivity index (χ2n) is 6.23. The van der Waals surface area contributed by atoms with Crippen LogP contribution in [0, 0.1) is 0 Å². The second kappa shape index (κ2) is 6.51. The van der Waals surface area contributed by atoms with Crippen LogP contribution in [0.25, 0.3) is 10.9 Å². The van der Waals surface area contributed by atoms with E-state index < -0.39 is 0 Å². The predicted molar refractivity (Wildman–Crippen MR) is 95.3 cm³/mol. The number of fused-ring (bicyclic) bond motifs is 1. The molecule has 0 atom stereocenters. The summed E-state index contributed by atoms with van der Waals surface area (Å²) < 4.78 is 0. The summed E-state index contributed by atoms with van der Waals surface area (Å²) in [6.45, 7) is 2.72. The van der Waals surface area contributed by atoms with Crippen molar-refractivity contribution in [2.24, 2.45) is 5.10 Å². The van der Waals surface area contributed by atoms with Crippen molar-refractivity contribution < 1.29 is 9.59 Å². The Kier molecular flexibility index (Phi) is 4.05. The first-order valence-corrected chi connectivity index (χ1v) is 8.46. The minimum Gasteiger partial charge on any atom is -0.353 e. The maximum Gasteiger partial charge on any atom is 0.270 e. The standard InChI is InChI=1S/C18H19N5O2/c24-17-8-6-15(20-21-17)18(25)23-11-9-22(10-12-23)16-7-5-13-3-1-2-4-14(13)19-16/h1-5,7H,6,8-12H2,(H,21,24). The molecule has 0 radical (unpaired) electrons. The smallest absolute Gasteiger partial charge is 0.270 e. The largest absolute Gasteiger partial charge is 0.353 e. The van der Waals surface area contributed by atoms with Gasteiger partial charge in [-0.05, 0) is 18.2 Å². The molecule has 2 amide bonds. The van der Waals surface area contributed by atoms with Crippen LogP contribution in [-0.2, 0) is 9.59 Å². The van der Waals surface area contributed by atoms with Crippen molar-refractivity contribution >= 4 is 34.2 Å². The van der Waals surface area contributed by atoms with Crippen LogP contribution in [0.1, 0.15) is 12.8 Å². The molecule has 25 heavy (non-hydrogen) atoms. The number of rotatable bonds is 2. The zero-order valence-corrected chi connectivity index (χ0v) is 13.8. The minimum absolute atomic E-state index is 0.0777. The number of para-hydroxylation sites is 1. The van der Waals surface area contributed by atoms with Gasteiger partial charge in [0, 0.05) is 44.4 Å². The van der Waals surface area contributed by atoms with Crippen LogP contribution in [0.4, 0.5) is 5.82 Å². The summed E-state index contributed by atoms with van der Waals surface area (Å²) in [5.41, 5.74) is 3.80. The third kappa shape index (κ3) is 3.17. The molecule has 0 aliphatic carbocycles. The Labute approximate surface area is 145 Å². The lowest BCUT2D eigenvalue weighted by atomic mass is 10.1.